The minimum atomic E-state index is -3.78. The van der Waals surface area contributed by atoms with Crippen LogP contribution in [0.4, 0.5) is 0 Å². The molecule has 0 aliphatic carbocycles. The summed E-state index contributed by atoms with van der Waals surface area (Å²) < 4.78 is 24.2. The van der Waals surface area contributed by atoms with Crippen LogP contribution in [0.2, 0.25) is 0 Å². The molecule has 1 amide bonds. The van der Waals surface area contributed by atoms with Gasteiger partial charge in [0.05, 0.1) is 4.90 Å². The average molecular weight is 318 g/mol. The molecule has 2 aromatic rings. The third-order valence-corrected chi connectivity index (χ3v) is 4.37. The van der Waals surface area contributed by atoms with E-state index >= 15 is 0 Å². The lowest BCUT2D eigenvalue weighted by molar-refractivity contribution is 0.0945. The van der Waals surface area contributed by atoms with Gasteiger partial charge in [0.2, 0.25) is 0 Å². The van der Waals surface area contributed by atoms with E-state index in [1.807, 2.05) is 0 Å². The highest BCUT2D eigenvalue weighted by Gasteiger charge is 2.15. The van der Waals surface area contributed by atoms with Crippen molar-refractivity contribution in [1.29, 1.82) is 0 Å². The predicted octanol–water partition coefficient (Wildman–Crippen LogP) is 2.26. The van der Waals surface area contributed by atoms with Crippen molar-refractivity contribution in [1.82, 2.24) is 10.3 Å². The lowest BCUT2D eigenvalue weighted by Crippen LogP contribution is -2.41. The van der Waals surface area contributed by atoms with E-state index in [2.05, 4.69) is 17.2 Å². The number of benzene rings is 2. The summed E-state index contributed by atoms with van der Waals surface area (Å²) in [4.78, 5) is 14.0. The molecule has 116 valence electrons. The van der Waals surface area contributed by atoms with E-state index in [1.165, 1.54) is 12.1 Å². The number of hydrogen-bond acceptors (Lipinski definition) is 3. The number of hydrazine groups is 1. The predicted molar refractivity (Wildman–Crippen MR) is 84.7 cm³/mol. The van der Waals surface area contributed by atoms with Crippen molar-refractivity contribution >= 4 is 15.9 Å². The Kier molecular flexibility index (Phi) is 5.30. The standard InChI is InChI=1S/C16H18N2O3S/c1-2-6-13-9-11-15(12-10-13)22(20,21)18-17-16(19)14-7-4-3-5-8-14/h3-5,7-12,18H,2,6H2,1H3,(H,17,19). The fourth-order valence-electron chi connectivity index (χ4n) is 1.96. The highest BCUT2D eigenvalue weighted by atomic mass is 32.2. The van der Waals surface area contributed by atoms with Gasteiger partial charge in [-0.3, -0.25) is 10.2 Å². The first kappa shape index (κ1) is 16.2. The molecule has 0 heterocycles. The number of carbonyl (C=O) groups is 1. The smallest absolute Gasteiger partial charge is 0.266 e. The van der Waals surface area contributed by atoms with E-state index < -0.39 is 15.9 Å². The molecule has 2 N–H and O–H groups in total. The van der Waals surface area contributed by atoms with Crippen molar-refractivity contribution in [3.05, 3.63) is 65.7 Å². The fourth-order valence-corrected chi connectivity index (χ4v) is 2.80. The van der Waals surface area contributed by atoms with Crippen molar-refractivity contribution in [2.24, 2.45) is 0 Å². The van der Waals surface area contributed by atoms with Crippen molar-refractivity contribution in [2.75, 3.05) is 0 Å². The summed E-state index contributed by atoms with van der Waals surface area (Å²) in [5.74, 6) is -0.508. The second-order valence-corrected chi connectivity index (χ2v) is 6.50. The van der Waals surface area contributed by atoms with Gasteiger partial charge in [-0.2, -0.15) is 0 Å². The van der Waals surface area contributed by atoms with Gasteiger partial charge in [-0.1, -0.05) is 43.7 Å². The maximum absolute atomic E-state index is 12.1. The fraction of sp³-hybridized carbons (Fsp3) is 0.188. The Morgan fingerprint density at radius 2 is 1.64 bits per heavy atom. The van der Waals surface area contributed by atoms with E-state index in [9.17, 15) is 13.2 Å². The van der Waals surface area contributed by atoms with Crippen LogP contribution in [-0.4, -0.2) is 14.3 Å². The van der Waals surface area contributed by atoms with Crippen LogP contribution in [0.15, 0.2) is 59.5 Å². The van der Waals surface area contributed by atoms with Gasteiger partial charge < -0.3 is 0 Å². The molecule has 0 saturated carbocycles. The van der Waals surface area contributed by atoms with Crippen molar-refractivity contribution in [3.8, 4) is 0 Å². The molecule has 0 unspecified atom stereocenters. The third kappa shape index (κ3) is 4.16. The summed E-state index contributed by atoms with van der Waals surface area (Å²) in [7, 11) is -3.78. The summed E-state index contributed by atoms with van der Waals surface area (Å²) in [5, 5.41) is 0. The normalized spacial score (nSPS) is 11.1. The largest absolute Gasteiger partial charge is 0.273 e. The molecule has 22 heavy (non-hydrogen) atoms. The highest BCUT2D eigenvalue weighted by molar-refractivity contribution is 7.89. The van der Waals surface area contributed by atoms with Crippen LogP contribution in [0.25, 0.3) is 0 Å². The van der Waals surface area contributed by atoms with E-state index in [0.717, 1.165) is 18.4 Å². The minimum Gasteiger partial charge on any atom is -0.273 e. The van der Waals surface area contributed by atoms with Gasteiger partial charge >= 0.3 is 0 Å². The Hall–Kier alpha value is -2.18. The summed E-state index contributed by atoms with van der Waals surface area (Å²) >= 11 is 0. The topological polar surface area (TPSA) is 75.3 Å². The zero-order chi connectivity index (χ0) is 16.0. The number of carbonyl (C=O) groups excluding carboxylic acids is 1. The van der Waals surface area contributed by atoms with Crippen molar-refractivity contribution < 1.29 is 13.2 Å². The number of aryl methyl sites for hydroxylation is 1. The molecule has 0 aromatic heterocycles. The van der Waals surface area contributed by atoms with Gasteiger partial charge in [0.15, 0.2) is 0 Å². The van der Waals surface area contributed by atoms with E-state index in [-0.39, 0.29) is 4.90 Å². The van der Waals surface area contributed by atoms with E-state index in [4.69, 9.17) is 0 Å². The molecular formula is C16H18N2O3S. The number of sulfonamides is 1. The average Bonchev–Trinajstić information content (AvgIpc) is 2.54. The van der Waals surface area contributed by atoms with Crippen molar-refractivity contribution in [2.45, 2.75) is 24.7 Å². The molecule has 0 fully saturated rings. The Morgan fingerprint density at radius 3 is 2.23 bits per heavy atom. The second-order valence-electron chi connectivity index (χ2n) is 4.82. The van der Waals surface area contributed by atoms with Crippen molar-refractivity contribution in [3.63, 3.8) is 0 Å². The Labute approximate surface area is 130 Å². The van der Waals surface area contributed by atoms with E-state index in [1.54, 1.807) is 42.5 Å². The van der Waals surface area contributed by atoms with Gasteiger partial charge in [0.1, 0.15) is 0 Å². The maximum Gasteiger partial charge on any atom is 0.266 e. The first-order valence-corrected chi connectivity index (χ1v) is 8.47. The Morgan fingerprint density at radius 1 is 1.00 bits per heavy atom. The molecule has 0 bridgehead atoms. The van der Waals surface area contributed by atoms with Crippen LogP contribution in [0, 0.1) is 0 Å². The SMILES string of the molecule is CCCc1ccc(S(=O)(=O)NNC(=O)c2ccccc2)cc1. The Bertz CT molecular complexity index is 726. The van der Waals surface area contributed by atoms with Crippen LogP contribution in [0.1, 0.15) is 29.3 Å². The molecule has 2 aromatic carbocycles. The molecule has 0 aliphatic rings. The number of amides is 1. The van der Waals surface area contributed by atoms with Gasteiger partial charge in [-0.05, 0) is 36.2 Å². The first-order valence-electron chi connectivity index (χ1n) is 6.99. The summed E-state index contributed by atoms with van der Waals surface area (Å²) in [6, 6.07) is 15.0. The number of rotatable bonds is 6. The Balaban J connectivity index is 2.03. The molecule has 2 rings (SSSR count). The van der Waals surface area contributed by atoms with Crippen LogP contribution in [0.3, 0.4) is 0 Å². The maximum atomic E-state index is 12.1. The van der Waals surface area contributed by atoms with E-state index in [0.29, 0.717) is 5.56 Å². The quantitative estimate of drug-likeness (QED) is 0.802. The molecule has 0 atom stereocenters. The molecule has 0 spiro atoms. The van der Waals surface area contributed by atoms with Gasteiger partial charge in [0.25, 0.3) is 15.9 Å². The minimum absolute atomic E-state index is 0.112. The molecule has 0 saturated heterocycles. The second kappa shape index (κ2) is 7.20. The molecular weight excluding hydrogens is 300 g/mol. The molecule has 0 aliphatic heterocycles. The van der Waals surface area contributed by atoms with Crippen LogP contribution in [0.5, 0.6) is 0 Å². The lowest BCUT2D eigenvalue weighted by Gasteiger charge is -2.09. The molecule has 0 radical (unpaired) electrons. The zero-order valence-corrected chi connectivity index (χ0v) is 13.1. The highest BCUT2D eigenvalue weighted by Crippen LogP contribution is 2.11. The summed E-state index contributed by atoms with van der Waals surface area (Å²) in [6.45, 7) is 2.06. The zero-order valence-electron chi connectivity index (χ0n) is 12.2. The van der Waals surface area contributed by atoms with Crippen LogP contribution < -0.4 is 10.3 Å². The number of nitrogens with one attached hydrogen (secondary N) is 2. The summed E-state index contributed by atoms with van der Waals surface area (Å²) in [5.41, 5.74) is 3.66. The molecule has 6 heteroatoms. The van der Waals surface area contributed by atoms with Crippen LogP contribution in [-0.2, 0) is 16.4 Å². The van der Waals surface area contributed by atoms with Crippen LogP contribution >= 0.6 is 0 Å². The van der Waals surface area contributed by atoms with Gasteiger partial charge in [0, 0.05) is 5.56 Å². The lowest BCUT2D eigenvalue weighted by atomic mass is 10.1. The molecule has 5 nitrogen and oxygen atoms in total. The monoisotopic (exact) mass is 318 g/mol. The van der Waals surface area contributed by atoms with Gasteiger partial charge in [-0.15, -0.1) is 4.83 Å². The number of hydrogen-bond donors (Lipinski definition) is 2. The summed E-state index contributed by atoms with van der Waals surface area (Å²) in [6.07, 6.45) is 1.90. The third-order valence-electron chi connectivity index (χ3n) is 3.11. The first-order chi connectivity index (χ1) is 10.5. The van der Waals surface area contributed by atoms with Gasteiger partial charge in [-0.25, -0.2) is 8.42 Å².